The third kappa shape index (κ3) is 2.82. The van der Waals surface area contributed by atoms with E-state index in [9.17, 15) is 9.18 Å². The number of hydrogen-bond acceptors (Lipinski definition) is 4. The number of aromatic carboxylic acids is 1. The largest absolute Gasteiger partial charge is 0.475 e. The monoisotopic (exact) mass is 272 g/mol. The maximum absolute atomic E-state index is 13.6. The number of halogens is 1. The van der Waals surface area contributed by atoms with Crippen molar-refractivity contribution in [3.05, 3.63) is 23.3 Å². The van der Waals surface area contributed by atoms with Crippen LogP contribution in [0.4, 0.5) is 4.39 Å². The van der Waals surface area contributed by atoms with E-state index in [2.05, 4.69) is 19.2 Å². The summed E-state index contributed by atoms with van der Waals surface area (Å²) in [7, 11) is 2.13. The second kappa shape index (κ2) is 4.86. The van der Waals surface area contributed by atoms with E-state index in [1.54, 1.807) is 6.92 Å². The van der Waals surface area contributed by atoms with Gasteiger partial charge in [-0.25, -0.2) is 19.2 Å². The Kier molecular flexibility index (Phi) is 3.59. The third-order valence-electron chi connectivity index (χ3n) is 2.85. The van der Waals surface area contributed by atoms with Crippen LogP contribution in [-0.2, 0) is 4.74 Å². The van der Waals surface area contributed by atoms with E-state index in [-0.39, 0.29) is 18.5 Å². The van der Waals surface area contributed by atoms with Crippen LogP contribution in [-0.4, -0.2) is 33.1 Å². The summed E-state index contributed by atoms with van der Waals surface area (Å²) >= 11 is 0. The number of carboxylic acids is 1. The molecule has 5 nitrogen and oxygen atoms in total. The molecule has 1 N–H and O–H groups in total. The lowest BCUT2D eigenvalue weighted by molar-refractivity contribution is -0.0440. The Morgan fingerprint density at radius 2 is 2.44 bits per heavy atom. The van der Waals surface area contributed by atoms with Crippen LogP contribution >= 0.6 is 9.24 Å². The fourth-order valence-corrected chi connectivity index (χ4v) is 2.13. The SMILES string of the molecule is Cc1cnc(C(=O)O)nc1C1CCC(F)(P)CO1. The van der Waals surface area contributed by atoms with Crippen molar-refractivity contribution >= 4 is 15.2 Å². The van der Waals surface area contributed by atoms with E-state index in [4.69, 9.17) is 9.84 Å². The lowest BCUT2D eigenvalue weighted by Gasteiger charge is -2.31. The molecule has 0 amide bonds. The molecule has 0 aliphatic carbocycles. The molecule has 2 rings (SSSR count). The molecule has 7 heteroatoms. The van der Waals surface area contributed by atoms with Crippen LogP contribution in [0.2, 0.25) is 0 Å². The van der Waals surface area contributed by atoms with E-state index in [0.717, 1.165) is 5.56 Å². The van der Waals surface area contributed by atoms with Gasteiger partial charge in [-0.1, -0.05) is 9.24 Å². The van der Waals surface area contributed by atoms with Gasteiger partial charge in [0.2, 0.25) is 5.82 Å². The summed E-state index contributed by atoms with van der Waals surface area (Å²) in [5, 5.41) is 7.46. The maximum Gasteiger partial charge on any atom is 0.373 e. The Balaban J connectivity index is 2.23. The van der Waals surface area contributed by atoms with Gasteiger partial charge >= 0.3 is 5.97 Å². The molecule has 18 heavy (non-hydrogen) atoms. The predicted molar refractivity (Wildman–Crippen MR) is 65.2 cm³/mol. The van der Waals surface area contributed by atoms with Crippen LogP contribution in [0.15, 0.2) is 6.20 Å². The van der Waals surface area contributed by atoms with Gasteiger partial charge in [-0.05, 0) is 25.3 Å². The first kappa shape index (κ1) is 13.3. The van der Waals surface area contributed by atoms with Gasteiger partial charge in [0.1, 0.15) is 11.5 Å². The van der Waals surface area contributed by atoms with Crippen molar-refractivity contribution in [1.29, 1.82) is 0 Å². The van der Waals surface area contributed by atoms with Crippen LogP contribution in [0.5, 0.6) is 0 Å². The van der Waals surface area contributed by atoms with Gasteiger partial charge in [-0.3, -0.25) is 0 Å². The molecule has 1 aromatic heterocycles. The number of aryl methyl sites for hydroxylation is 1. The van der Waals surface area contributed by atoms with Crippen LogP contribution in [0.1, 0.15) is 40.8 Å². The zero-order valence-corrected chi connectivity index (χ0v) is 11.0. The molecule has 2 heterocycles. The molecule has 1 fully saturated rings. The molecule has 0 saturated carbocycles. The fraction of sp³-hybridized carbons (Fsp3) is 0.545. The van der Waals surface area contributed by atoms with Crippen molar-refractivity contribution < 1.29 is 19.0 Å². The summed E-state index contributed by atoms with van der Waals surface area (Å²) in [4.78, 5) is 18.5. The van der Waals surface area contributed by atoms with Crippen LogP contribution < -0.4 is 0 Å². The second-order valence-electron chi connectivity index (χ2n) is 4.44. The van der Waals surface area contributed by atoms with Crippen molar-refractivity contribution in [2.24, 2.45) is 0 Å². The molecule has 0 radical (unpaired) electrons. The highest BCUT2D eigenvalue weighted by Gasteiger charge is 2.33. The molecule has 1 aliphatic heterocycles. The van der Waals surface area contributed by atoms with E-state index in [1.165, 1.54) is 6.20 Å². The summed E-state index contributed by atoms with van der Waals surface area (Å²) in [6, 6.07) is 0. The molecule has 1 aliphatic rings. The smallest absolute Gasteiger partial charge is 0.373 e. The number of carboxylic acid groups (broad SMARTS) is 1. The second-order valence-corrected chi connectivity index (χ2v) is 5.47. The summed E-state index contributed by atoms with van der Waals surface area (Å²) in [6.45, 7) is 1.75. The Hall–Kier alpha value is -1.13. The molecule has 98 valence electrons. The molecule has 3 unspecified atom stereocenters. The Morgan fingerprint density at radius 1 is 1.72 bits per heavy atom. The van der Waals surface area contributed by atoms with Gasteiger partial charge < -0.3 is 9.84 Å². The number of nitrogens with zero attached hydrogens (tertiary/aromatic N) is 2. The lowest BCUT2D eigenvalue weighted by atomic mass is 10.0. The normalized spacial score (nSPS) is 28.1. The number of rotatable bonds is 2. The molecule has 0 spiro atoms. The Labute approximate surface area is 106 Å². The fourth-order valence-electron chi connectivity index (χ4n) is 1.87. The van der Waals surface area contributed by atoms with Crippen molar-refractivity contribution in [2.45, 2.75) is 31.3 Å². The number of hydrogen-bond donors (Lipinski definition) is 1. The first-order chi connectivity index (χ1) is 8.39. The van der Waals surface area contributed by atoms with E-state index < -0.39 is 11.4 Å². The first-order valence-corrected chi connectivity index (χ1v) is 6.13. The molecule has 0 aromatic carbocycles. The Bertz CT molecular complexity index is 471. The van der Waals surface area contributed by atoms with Gasteiger partial charge in [0.25, 0.3) is 0 Å². The van der Waals surface area contributed by atoms with Crippen LogP contribution in [0, 0.1) is 6.92 Å². The van der Waals surface area contributed by atoms with Gasteiger partial charge in [0.05, 0.1) is 12.3 Å². The highest BCUT2D eigenvalue weighted by Crippen LogP contribution is 2.38. The van der Waals surface area contributed by atoms with Crippen molar-refractivity contribution in [1.82, 2.24) is 9.97 Å². The minimum absolute atomic E-state index is 0.0336. The van der Waals surface area contributed by atoms with Gasteiger partial charge in [-0.15, -0.1) is 0 Å². The zero-order valence-electron chi connectivity index (χ0n) is 9.89. The molecule has 1 saturated heterocycles. The predicted octanol–water partition coefficient (Wildman–Crippen LogP) is 1.88. The Morgan fingerprint density at radius 3 is 3.00 bits per heavy atom. The summed E-state index contributed by atoms with van der Waals surface area (Å²) in [6.07, 6.45) is 1.90. The lowest BCUT2D eigenvalue weighted by Crippen LogP contribution is -2.30. The number of ether oxygens (including phenoxy) is 1. The summed E-state index contributed by atoms with van der Waals surface area (Å²) in [5.74, 6) is -1.44. The highest BCUT2D eigenvalue weighted by molar-refractivity contribution is 7.18. The number of aromatic nitrogens is 2. The molecule has 0 bridgehead atoms. The van der Waals surface area contributed by atoms with Gasteiger partial charge in [-0.2, -0.15) is 0 Å². The van der Waals surface area contributed by atoms with E-state index in [1.807, 2.05) is 0 Å². The average molecular weight is 272 g/mol. The molecule has 3 atom stereocenters. The van der Waals surface area contributed by atoms with Gasteiger partial charge in [0, 0.05) is 6.20 Å². The summed E-state index contributed by atoms with van der Waals surface area (Å²) < 4.78 is 19.0. The standard InChI is InChI=1S/C11H14FN2O3P/c1-6-4-13-9(10(15)16)14-8(6)7-2-3-11(12,18)5-17-7/h4,7H,2-3,5,18H2,1H3,(H,15,16). The molecular weight excluding hydrogens is 258 g/mol. The number of carbonyl (C=O) groups is 1. The summed E-state index contributed by atoms with van der Waals surface area (Å²) in [5.41, 5.74) is 1.28. The zero-order chi connectivity index (χ0) is 13.3. The minimum atomic E-state index is -1.40. The van der Waals surface area contributed by atoms with Crippen molar-refractivity contribution in [2.75, 3.05) is 6.61 Å². The minimum Gasteiger partial charge on any atom is -0.475 e. The van der Waals surface area contributed by atoms with Crippen LogP contribution in [0.25, 0.3) is 0 Å². The third-order valence-corrected chi connectivity index (χ3v) is 3.31. The van der Waals surface area contributed by atoms with E-state index in [0.29, 0.717) is 18.5 Å². The van der Waals surface area contributed by atoms with Crippen LogP contribution in [0.3, 0.4) is 0 Å². The van der Waals surface area contributed by atoms with Crippen molar-refractivity contribution in [3.63, 3.8) is 0 Å². The maximum atomic E-state index is 13.6. The highest BCUT2D eigenvalue weighted by atomic mass is 31.0. The number of alkyl halides is 1. The first-order valence-electron chi connectivity index (χ1n) is 5.55. The van der Waals surface area contributed by atoms with Gasteiger partial charge in [0.15, 0.2) is 0 Å². The van der Waals surface area contributed by atoms with E-state index >= 15 is 0 Å². The molecule has 1 aromatic rings. The van der Waals surface area contributed by atoms with Crippen molar-refractivity contribution in [3.8, 4) is 0 Å². The quantitative estimate of drug-likeness (QED) is 0.832. The average Bonchev–Trinajstić information content (AvgIpc) is 2.30. The molecular formula is C11H14FN2O3P. The topological polar surface area (TPSA) is 72.3 Å².